The van der Waals surface area contributed by atoms with Gasteiger partial charge in [-0.25, -0.2) is 0 Å². The Morgan fingerprint density at radius 3 is 2.45 bits per heavy atom. The zero-order valence-corrected chi connectivity index (χ0v) is 7.25. The fourth-order valence-corrected chi connectivity index (χ4v) is 1.10. The summed E-state index contributed by atoms with van der Waals surface area (Å²) in [7, 11) is 2.12. The highest BCUT2D eigenvalue weighted by Gasteiger charge is 2.01. The zero-order chi connectivity index (χ0) is 8.10. The monoisotopic (exact) mass is 150 g/mol. The molecule has 1 atom stereocenters. The fourth-order valence-electron chi connectivity index (χ4n) is 1.10. The van der Waals surface area contributed by atoms with Gasteiger partial charge in [-0.2, -0.15) is 0 Å². The van der Waals surface area contributed by atoms with Crippen LogP contribution in [0.1, 0.15) is 12.5 Å². The fraction of sp³-hybridized carbons (Fsp3) is 0.400. The van der Waals surface area contributed by atoms with E-state index in [0.29, 0.717) is 6.04 Å². The van der Waals surface area contributed by atoms with Gasteiger partial charge < -0.3 is 5.32 Å². The second-order valence-electron chi connectivity index (χ2n) is 3.00. The van der Waals surface area contributed by atoms with Crippen molar-refractivity contribution in [1.29, 1.82) is 0 Å². The smallest absolute Gasteiger partial charge is 0.0869 e. The summed E-state index contributed by atoms with van der Waals surface area (Å²) in [5.74, 6) is 0. The van der Waals surface area contributed by atoms with Crippen molar-refractivity contribution >= 4 is 0 Å². The second kappa shape index (κ2) is 4.14. The van der Waals surface area contributed by atoms with E-state index in [2.05, 4.69) is 49.6 Å². The van der Waals surface area contributed by atoms with Gasteiger partial charge in [-0.05, 0) is 12.5 Å². The first-order chi connectivity index (χ1) is 5.33. The quantitative estimate of drug-likeness (QED) is 0.656. The van der Waals surface area contributed by atoms with Crippen LogP contribution in [0.5, 0.6) is 0 Å². The number of nitrogens with two attached hydrogens (primary N) is 1. The lowest BCUT2D eigenvalue weighted by Gasteiger charge is -2.05. The number of hydrogen-bond acceptors (Lipinski definition) is 0. The van der Waals surface area contributed by atoms with E-state index >= 15 is 0 Å². The third-order valence-electron chi connectivity index (χ3n) is 1.97. The van der Waals surface area contributed by atoms with Crippen molar-refractivity contribution in [2.75, 3.05) is 7.05 Å². The Labute approximate surface area is 68.4 Å². The van der Waals surface area contributed by atoms with Gasteiger partial charge in [0.25, 0.3) is 0 Å². The standard InChI is InChI=1S/C10H15N/c1-9(11-2)8-10-6-4-3-5-7-10/h3-7,9,11H,8H2,1-2H3/p+1/t9-/m1/s1. The summed E-state index contributed by atoms with van der Waals surface area (Å²) in [4.78, 5) is 0. The third kappa shape index (κ3) is 2.72. The van der Waals surface area contributed by atoms with Crippen LogP contribution < -0.4 is 5.32 Å². The Bertz CT molecular complexity index is 193. The maximum atomic E-state index is 2.24. The summed E-state index contributed by atoms with van der Waals surface area (Å²) in [5.41, 5.74) is 1.43. The molecule has 0 spiro atoms. The Morgan fingerprint density at radius 2 is 1.91 bits per heavy atom. The largest absolute Gasteiger partial charge is 0.346 e. The molecule has 0 radical (unpaired) electrons. The molecule has 0 amide bonds. The predicted octanol–water partition coefficient (Wildman–Crippen LogP) is 0.811. The highest BCUT2D eigenvalue weighted by atomic mass is 14.8. The second-order valence-corrected chi connectivity index (χ2v) is 3.00. The molecule has 1 aromatic rings. The van der Waals surface area contributed by atoms with Crippen LogP contribution in [0.15, 0.2) is 30.3 Å². The molecule has 1 rings (SSSR count). The molecule has 11 heavy (non-hydrogen) atoms. The minimum Gasteiger partial charge on any atom is -0.346 e. The summed E-state index contributed by atoms with van der Waals surface area (Å²) in [5, 5.41) is 2.24. The summed E-state index contributed by atoms with van der Waals surface area (Å²) in [6.45, 7) is 2.24. The third-order valence-corrected chi connectivity index (χ3v) is 1.97. The van der Waals surface area contributed by atoms with E-state index in [0.717, 1.165) is 6.42 Å². The average Bonchev–Trinajstić information content (AvgIpc) is 2.06. The van der Waals surface area contributed by atoms with Crippen LogP contribution in [0.4, 0.5) is 0 Å². The lowest BCUT2D eigenvalue weighted by atomic mass is 10.1. The van der Waals surface area contributed by atoms with Gasteiger partial charge in [0.05, 0.1) is 13.1 Å². The van der Waals surface area contributed by atoms with Crippen LogP contribution in [-0.4, -0.2) is 13.1 Å². The molecule has 0 fully saturated rings. The molecule has 0 aliphatic rings. The van der Waals surface area contributed by atoms with Gasteiger partial charge in [0, 0.05) is 6.42 Å². The Kier molecular flexibility index (Phi) is 3.12. The van der Waals surface area contributed by atoms with Gasteiger partial charge in [0.2, 0.25) is 0 Å². The molecule has 0 bridgehead atoms. The van der Waals surface area contributed by atoms with E-state index in [-0.39, 0.29) is 0 Å². The van der Waals surface area contributed by atoms with E-state index in [9.17, 15) is 0 Å². The number of quaternary nitrogens is 1. The van der Waals surface area contributed by atoms with Crippen molar-refractivity contribution in [3.05, 3.63) is 35.9 Å². The van der Waals surface area contributed by atoms with Crippen LogP contribution in [0.25, 0.3) is 0 Å². The molecule has 0 heterocycles. The van der Waals surface area contributed by atoms with Crippen LogP contribution >= 0.6 is 0 Å². The lowest BCUT2D eigenvalue weighted by Crippen LogP contribution is -2.85. The van der Waals surface area contributed by atoms with Crippen LogP contribution in [0, 0.1) is 0 Å². The van der Waals surface area contributed by atoms with E-state index < -0.39 is 0 Å². The lowest BCUT2D eigenvalue weighted by molar-refractivity contribution is -0.659. The topological polar surface area (TPSA) is 16.6 Å². The highest BCUT2D eigenvalue weighted by molar-refractivity contribution is 5.15. The van der Waals surface area contributed by atoms with Crippen LogP contribution in [0.2, 0.25) is 0 Å². The minimum atomic E-state index is 0.692. The van der Waals surface area contributed by atoms with E-state index in [1.807, 2.05) is 0 Å². The molecular weight excluding hydrogens is 134 g/mol. The first-order valence-electron chi connectivity index (χ1n) is 4.16. The van der Waals surface area contributed by atoms with Gasteiger partial charge in [-0.3, -0.25) is 0 Å². The van der Waals surface area contributed by atoms with Crippen molar-refractivity contribution in [1.82, 2.24) is 0 Å². The molecule has 0 unspecified atom stereocenters. The number of benzene rings is 1. The predicted molar refractivity (Wildman–Crippen MR) is 47.5 cm³/mol. The average molecular weight is 150 g/mol. The van der Waals surface area contributed by atoms with Crippen molar-refractivity contribution in [2.45, 2.75) is 19.4 Å². The SMILES string of the molecule is C[NH2+][C@H](C)Cc1ccccc1. The van der Waals surface area contributed by atoms with Crippen LogP contribution in [0.3, 0.4) is 0 Å². The maximum absolute atomic E-state index is 2.24. The Hall–Kier alpha value is -0.820. The number of hydrogen-bond donors (Lipinski definition) is 1. The molecule has 0 aliphatic carbocycles. The normalized spacial score (nSPS) is 12.9. The van der Waals surface area contributed by atoms with Crippen molar-refractivity contribution in [3.8, 4) is 0 Å². The van der Waals surface area contributed by atoms with E-state index in [1.54, 1.807) is 0 Å². The first-order valence-corrected chi connectivity index (χ1v) is 4.16. The molecule has 1 aromatic carbocycles. The highest BCUT2D eigenvalue weighted by Crippen LogP contribution is 1.99. The molecule has 1 heteroatoms. The molecule has 1 nitrogen and oxygen atoms in total. The Morgan fingerprint density at radius 1 is 1.27 bits per heavy atom. The summed E-state index contributed by atoms with van der Waals surface area (Å²) in [6.07, 6.45) is 1.16. The van der Waals surface area contributed by atoms with Gasteiger partial charge in [0.15, 0.2) is 0 Å². The van der Waals surface area contributed by atoms with Crippen molar-refractivity contribution < 1.29 is 5.32 Å². The molecule has 2 N–H and O–H groups in total. The molecular formula is C10H16N+. The Balaban J connectivity index is 2.51. The molecule has 0 aromatic heterocycles. The molecule has 0 saturated heterocycles. The number of likely N-dealkylation sites (N-methyl/N-ethyl adjacent to an activating group) is 1. The molecule has 0 aliphatic heterocycles. The van der Waals surface area contributed by atoms with Gasteiger partial charge in [-0.1, -0.05) is 30.3 Å². The van der Waals surface area contributed by atoms with E-state index in [1.165, 1.54) is 5.56 Å². The van der Waals surface area contributed by atoms with Crippen molar-refractivity contribution in [2.24, 2.45) is 0 Å². The van der Waals surface area contributed by atoms with Crippen molar-refractivity contribution in [3.63, 3.8) is 0 Å². The molecule has 0 saturated carbocycles. The van der Waals surface area contributed by atoms with Gasteiger partial charge >= 0.3 is 0 Å². The zero-order valence-electron chi connectivity index (χ0n) is 7.25. The first kappa shape index (κ1) is 8.28. The number of rotatable bonds is 3. The summed E-state index contributed by atoms with van der Waals surface area (Å²) < 4.78 is 0. The summed E-state index contributed by atoms with van der Waals surface area (Å²) in [6, 6.07) is 11.3. The summed E-state index contributed by atoms with van der Waals surface area (Å²) >= 11 is 0. The minimum absolute atomic E-state index is 0.692. The molecule has 60 valence electrons. The van der Waals surface area contributed by atoms with Gasteiger partial charge in [-0.15, -0.1) is 0 Å². The maximum Gasteiger partial charge on any atom is 0.0869 e. The van der Waals surface area contributed by atoms with E-state index in [4.69, 9.17) is 0 Å². The van der Waals surface area contributed by atoms with Crippen LogP contribution in [-0.2, 0) is 6.42 Å². The van der Waals surface area contributed by atoms with Gasteiger partial charge in [0.1, 0.15) is 0 Å².